The van der Waals surface area contributed by atoms with Gasteiger partial charge in [0.2, 0.25) is 0 Å². The van der Waals surface area contributed by atoms with Crippen molar-refractivity contribution in [2.75, 3.05) is 0 Å². The van der Waals surface area contributed by atoms with E-state index in [1.807, 2.05) is 29.6 Å². The molecule has 1 aromatic carbocycles. The van der Waals surface area contributed by atoms with Gasteiger partial charge < -0.3 is 0 Å². The van der Waals surface area contributed by atoms with Crippen LogP contribution in [0.3, 0.4) is 0 Å². The van der Waals surface area contributed by atoms with Crippen LogP contribution in [0.25, 0.3) is 16.2 Å². The standard InChI is InChI=1S/C12H7ClN2OS/c13-9-3-1-8(2-4-9)10-7-17-12-14-6-5-11(16)15(10)12/h1-7H. The molecule has 3 rings (SSSR count). The number of halogens is 1. The van der Waals surface area contributed by atoms with Crippen molar-refractivity contribution in [1.29, 1.82) is 0 Å². The number of hydrogen-bond acceptors (Lipinski definition) is 3. The minimum Gasteiger partial charge on any atom is -0.269 e. The van der Waals surface area contributed by atoms with E-state index in [1.54, 1.807) is 4.40 Å². The molecule has 0 spiro atoms. The monoisotopic (exact) mass is 262 g/mol. The van der Waals surface area contributed by atoms with Gasteiger partial charge in [-0.05, 0) is 17.7 Å². The van der Waals surface area contributed by atoms with Crippen molar-refractivity contribution in [3.05, 3.63) is 57.3 Å². The maximum absolute atomic E-state index is 11.8. The predicted octanol–water partition coefficient (Wildman–Crippen LogP) is 3.08. The topological polar surface area (TPSA) is 34.4 Å². The second-order valence-electron chi connectivity index (χ2n) is 3.53. The van der Waals surface area contributed by atoms with Gasteiger partial charge in [-0.3, -0.25) is 9.20 Å². The highest BCUT2D eigenvalue weighted by Gasteiger charge is 2.07. The Morgan fingerprint density at radius 1 is 1.18 bits per heavy atom. The van der Waals surface area contributed by atoms with Gasteiger partial charge in [-0.25, -0.2) is 4.98 Å². The van der Waals surface area contributed by atoms with Gasteiger partial charge in [0.05, 0.1) is 5.69 Å². The molecule has 2 aromatic heterocycles. The molecule has 84 valence electrons. The van der Waals surface area contributed by atoms with E-state index >= 15 is 0 Å². The minimum absolute atomic E-state index is 0.0683. The summed E-state index contributed by atoms with van der Waals surface area (Å²) in [5, 5.41) is 2.60. The Bertz CT molecular complexity index is 730. The fourth-order valence-electron chi connectivity index (χ4n) is 1.68. The lowest BCUT2D eigenvalue weighted by atomic mass is 10.2. The molecule has 5 heteroatoms. The normalized spacial score (nSPS) is 10.9. The van der Waals surface area contributed by atoms with E-state index < -0.39 is 0 Å². The lowest BCUT2D eigenvalue weighted by molar-refractivity contribution is 1.08. The van der Waals surface area contributed by atoms with Crippen LogP contribution in [0.15, 0.2) is 46.7 Å². The quantitative estimate of drug-likeness (QED) is 0.675. The second-order valence-corrected chi connectivity index (χ2v) is 4.80. The van der Waals surface area contributed by atoms with Crippen LogP contribution in [-0.4, -0.2) is 9.38 Å². The van der Waals surface area contributed by atoms with E-state index in [0.717, 1.165) is 11.3 Å². The molecule has 0 saturated heterocycles. The lowest BCUT2D eigenvalue weighted by Crippen LogP contribution is -2.11. The third-order valence-corrected chi connectivity index (χ3v) is 3.56. The summed E-state index contributed by atoms with van der Waals surface area (Å²) in [6.07, 6.45) is 1.53. The van der Waals surface area contributed by atoms with Crippen LogP contribution in [-0.2, 0) is 0 Å². The first-order valence-corrected chi connectivity index (χ1v) is 6.23. The molecule has 0 aliphatic carbocycles. The second kappa shape index (κ2) is 3.98. The summed E-state index contributed by atoms with van der Waals surface area (Å²) < 4.78 is 1.61. The van der Waals surface area contributed by atoms with Crippen molar-refractivity contribution in [2.24, 2.45) is 0 Å². The Labute approximate surface area is 106 Å². The smallest absolute Gasteiger partial charge is 0.258 e. The Morgan fingerprint density at radius 2 is 1.94 bits per heavy atom. The highest BCUT2D eigenvalue weighted by molar-refractivity contribution is 7.15. The van der Waals surface area contributed by atoms with Crippen LogP contribution in [0, 0.1) is 0 Å². The molecule has 3 aromatic rings. The van der Waals surface area contributed by atoms with Crippen molar-refractivity contribution >= 4 is 27.9 Å². The maximum atomic E-state index is 11.8. The molecule has 0 saturated carbocycles. The molecule has 3 nitrogen and oxygen atoms in total. The van der Waals surface area contributed by atoms with Crippen LogP contribution >= 0.6 is 22.9 Å². The number of thiazole rings is 1. The van der Waals surface area contributed by atoms with Crippen LogP contribution < -0.4 is 5.56 Å². The third kappa shape index (κ3) is 1.75. The van der Waals surface area contributed by atoms with Gasteiger partial charge >= 0.3 is 0 Å². The van der Waals surface area contributed by atoms with E-state index in [1.165, 1.54) is 23.6 Å². The largest absolute Gasteiger partial charge is 0.269 e. The first-order valence-electron chi connectivity index (χ1n) is 4.97. The molecular weight excluding hydrogens is 256 g/mol. The van der Waals surface area contributed by atoms with Crippen LogP contribution in [0.2, 0.25) is 5.02 Å². The Balaban J connectivity index is 2.31. The molecule has 2 heterocycles. The number of aromatic nitrogens is 2. The summed E-state index contributed by atoms with van der Waals surface area (Å²) in [7, 11) is 0. The van der Waals surface area contributed by atoms with E-state index in [-0.39, 0.29) is 5.56 Å². The fourth-order valence-corrected chi connectivity index (χ4v) is 2.68. The van der Waals surface area contributed by atoms with Gasteiger partial charge in [-0.2, -0.15) is 0 Å². The SMILES string of the molecule is O=c1ccnc2scc(-c3ccc(Cl)cc3)n12. The van der Waals surface area contributed by atoms with E-state index in [0.29, 0.717) is 9.98 Å². The van der Waals surface area contributed by atoms with Crippen molar-refractivity contribution < 1.29 is 0 Å². The van der Waals surface area contributed by atoms with Gasteiger partial charge in [-0.1, -0.05) is 23.7 Å². The van der Waals surface area contributed by atoms with Crippen molar-refractivity contribution in [3.63, 3.8) is 0 Å². The molecule has 0 fully saturated rings. The molecule has 0 aliphatic rings. The van der Waals surface area contributed by atoms with Crippen molar-refractivity contribution in [1.82, 2.24) is 9.38 Å². The van der Waals surface area contributed by atoms with Gasteiger partial charge in [-0.15, -0.1) is 11.3 Å². The molecule has 0 bridgehead atoms. The molecule has 0 radical (unpaired) electrons. The summed E-state index contributed by atoms with van der Waals surface area (Å²) in [6, 6.07) is 8.86. The molecule has 0 atom stereocenters. The average molecular weight is 263 g/mol. The summed E-state index contributed by atoms with van der Waals surface area (Å²) in [4.78, 5) is 16.7. The Hall–Kier alpha value is -1.65. The Kier molecular flexibility index (Phi) is 2.46. The van der Waals surface area contributed by atoms with E-state index in [2.05, 4.69) is 4.98 Å². The predicted molar refractivity (Wildman–Crippen MR) is 69.8 cm³/mol. The van der Waals surface area contributed by atoms with E-state index in [9.17, 15) is 4.79 Å². The first-order chi connectivity index (χ1) is 8.25. The molecule has 17 heavy (non-hydrogen) atoms. The van der Waals surface area contributed by atoms with Crippen LogP contribution in [0.4, 0.5) is 0 Å². The average Bonchev–Trinajstić information content (AvgIpc) is 2.75. The summed E-state index contributed by atoms with van der Waals surface area (Å²) >= 11 is 7.29. The first kappa shape index (κ1) is 10.5. The van der Waals surface area contributed by atoms with Crippen LogP contribution in [0.1, 0.15) is 0 Å². The van der Waals surface area contributed by atoms with Gasteiger partial charge in [0.15, 0.2) is 4.96 Å². The van der Waals surface area contributed by atoms with E-state index in [4.69, 9.17) is 11.6 Å². The van der Waals surface area contributed by atoms with Crippen molar-refractivity contribution in [2.45, 2.75) is 0 Å². The fraction of sp³-hybridized carbons (Fsp3) is 0. The lowest BCUT2D eigenvalue weighted by Gasteiger charge is -2.00. The number of rotatable bonds is 1. The zero-order chi connectivity index (χ0) is 11.8. The highest BCUT2D eigenvalue weighted by Crippen LogP contribution is 2.24. The number of fused-ring (bicyclic) bond motifs is 1. The summed E-state index contributed by atoms with van der Waals surface area (Å²) in [6.45, 7) is 0. The summed E-state index contributed by atoms with van der Waals surface area (Å²) in [5.41, 5.74) is 1.73. The van der Waals surface area contributed by atoms with Gasteiger partial charge in [0.1, 0.15) is 0 Å². The number of hydrogen-bond donors (Lipinski definition) is 0. The zero-order valence-electron chi connectivity index (χ0n) is 8.63. The maximum Gasteiger partial charge on any atom is 0.258 e. The third-order valence-electron chi connectivity index (χ3n) is 2.47. The minimum atomic E-state index is -0.0683. The molecule has 0 amide bonds. The number of benzene rings is 1. The van der Waals surface area contributed by atoms with Gasteiger partial charge in [0, 0.05) is 22.7 Å². The van der Waals surface area contributed by atoms with Gasteiger partial charge in [0.25, 0.3) is 5.56 Å². The summed E-state index contributed by atoms with van der Waals surface area (Å²) in [5.74, 6) is 0. The number of nitrogens with zero attached hydrogens (tertiary/aromatic N) is 2. The molecule has 0 unspecified atom stereocenters. The zero-order valence-corrected chi connectivity index (χ0v) is 10.2. The van der Waals surface area contributed by atoms with Crippen molar-refractivity contribution in [3.8, 4) is 11.3 Å². The molecule has 0 N–H and O–H groups in total. The van der Waals surface area contributed by atoms with Crippen LogP contribution in [0.5, 0.6) is 0 Å². The highest BCUT2D eigenvalue weighted by atomic mass is 35.5. The molecule has 0 aliphatic heterocycles. The Morgan fingerprint density at radius 3 is 2.71 bits per heavy atom. The molecular formula is C12H7ClN2OS.